The third-order valence-electron chi connectivity index (χ3n) is 4.44. The fourth-order valence-electron chi connectivity index (χ4n) is 2.97. The van der Waals surface area contributed by atoms with Crippen molar-refractivity contribution in [3.63, 3.8) is 0 Å². The molecule has 1 unspecified atom stereocenters. The number of hydrogen-bond donors (Lipinski definition) is 2. The van der Waals surface area contributed by atoms with Crippen molar-refractivity contribution >= 4 is 52.6 Å². The Balaban J connectivity index is 0.00000225. The second-order valence-electron chi connectivity index (χ2n) is 6.19. The molecule has 0 bridgehead atoms. The Labute approximate surface area is 175 Å². The highest BCUT2D eigenvalue weighted by atomic mass is 127. The molecule has 0 aliphatic carbocycles. The third kappa shape index (κ3) is 5.94. The van der Waals surface area contributed by atoms with Crippen LogP contribution in [0, 0.1) is 0 Å². The van der Waals surface area contributed by atoms with E-state index in [2.05, 4.69) is 56.4 Å². The van der Waals surface area contributed by atoms with Crippen molar-refractivity contribution in [1.82, 2.24) is 15.5 Å². The topological polar surface area (TPSA) is 39.7 Å². The van der Waals surface area contributed by atoms with E-state index in [1.165, 1.54) is 16.9 Å². The molecule has 1 aliphatic rings. The lowest BCUT2D eigenvalue weighted by Crippen LogP contribution is -2.43. The van der Waals surface area contributed by atoms with Crippen LogP contribution in [0.2, 0.25) is 0 Å². The average Bonchev–Trinajstić information content (AvgIpc) is 3.28. The first kappa shape index (κ1) is 20.7. The standard InChI is InChI=1S/C18H26N4S2.HI/c1-14(16-4-3-10-23-16)12-21-18(19-2)20-7-9-22-8-5-17-15(13-22)6-11-24-17;/h3-4,6,10-11,14H,5,7-9,12-13H2,1-2H3,(H2,19,20,21);1H. The molecular weight excluding hydrogens is 463 g/mol. The van der Waals surface area contributed by atoms with Gasteiger partial charge in [0, 0.05) is 55.4 Å². The van der Waals surface area contributed by atoms with E-state index in [9.17, 15) is 0 Å². The molecule has 0 saturated heterocycles. The highest BCUT2D eigenvalue weighted by Gasteiger charge is 2.16. The minimum atomic E-state index is 0. The van der Waals surface area contributed by atoms with Crippen molar-refractivity contribution in [3.05, 3.63) is 44.3 Å². The van der Waals surface area contributed by atoms with E-state index in [-0.39, 0.29) is 24.0 Å². The smallest absolute Gasteiger partial charge is 0.191 e. The van der Waals surface area contributed by atoms with Crippen LogP contribution in [-0.4, -0.2) is 44.1 Å². The molecule has 7 heteroatoms. The largest absolute Gasteiger partial charge is 0.356 e. The van der Waals surface area contributed by atoms with E-state index in [0.717, 1.165) is 38.7 Å². The zero-order chi connectivity index (χ0) is 16.8. The molecule has 0 radical (unpaired) electrons. The van der Waals surface area contributed by atoms with Gasteiger partial charge in [0.05, 0.1) is 0 Å². The van der Waals surface area contributed by atoms with Gasteiger partial charge in [-0.15, -0.1) is 46.7 Å². The van der Waals surface area contributed by atoms with Crippen LogP contribution in [0.15, 0.2) is 34.0 Å². The van der Waals surface area contributed by atoms with E-state index in [4.69, 9.17) is 0 Å². The van der Waals surface area contributed by atoms with E-state index in [1.54, 1.807) is 4.88 Å². The molecule has 4 nitrogen and oxygen atoms in total. The van der Waals surface area contributed by atoms with Gasteiger partial charge in [-0.05, 0) is 34.9 Å². The number of nitrogens with zero attached hydrogens (tertiary/aromatic N) is 2. The van der Waals surface area contributed by atoms with Gasteiger partial charge in [0.15, 0.2) is 5.96 Å². The molecule has 2 N–H and O–H groups in total. The molecule has 0 saturated carbocycles. The van der Waals surface area contributed by atoms with Crippen molar-refractivity contribution in [1.29, 1.82) is 0 Å². The van der Waals surface area contributed by atoms with Gasteiger partial charge >= 0.3 is 0 Å². The van der Waals surface area contributed by atoms with Crippen LogP contribution < -0.4 is 10.6 Å². The van der Waals surface area contributed by atoms with Crippen molar-refractivity contribution in [2.24, 2.45) is 4.99 Å². The molecule has 138 valence electrons. The molecule has 3 heterocycles. The fraction of sp³-hybridized carbons (Fsp3) is 0.500. The van der Waals surface area contributed by atoms with E-state index >= 15 is 0 Å². The van der Waals surface area contributed by atoms with Crippen LogP contribution in [0.25, 0.3) is 0 Å². The van der Waals surface area contributed by atoms with Crippen molar-refractivity contribution in [3.8, 4) is 0 Å². The molecule has 1 aliphatic heterocycles. The van der Waals surface area contributed by atoms with E-state index in [1.807, 2.05) is 29.7 Å². The SMILES string of the molecule is CN=C(NCCN1CCc2sccc2C1)NCC(C)c1cccs1.I. The summed E-state index contributed by atoms with van der Waals surface area (Å²) < 4.78 is 0. The van der Waals surface area contributed by atoms with Crippen LogP contribution in [-0.2, 0) is 13.0 Å². The van der Waals surface area contributed by atoms with Gasteiger partial charge in [-0.2, -0.15) is 0 Å². The number of aliphatic imine (C=N–C) groups is 1. The van der Waals surface area contributed by atoms with Gasteiger partial charge < -0.3 is 10.6 Å². The van der Waals surface area contributed by atoms with Gasteiger partial charge in [0.2, 0.25) is 0 Å². The maximum Gasteiger partial charge on any atom is 0.191 e. The lowest BCUT2D eigenvalue weighted by molar-refractivity contribution is 0.260. The minimum Gasteiger partial charge on any atom is -0.356 e. The molecule has 2 aromatic rings. The Morgan fingerprint density at radius 1 is 1.28 bits per heavy atom. The summed E-state index contributed by atoms with van der Waals surface area (Å²) in [5.41, 5.74) is 1.51. The van der Waals surface area contributed by atoms with E-state index in [0.29, 0.717) is 5.92 Å². The van der Waals surface area contributed by atoms with Crippen LogP contribution in [0.4, 0.5) is 0 Å². The molecule has 25 heavy (non-hydrogen) atoms. The Hall–Kier alpha value is -0.640. The number of rotatable bonds is 6. The molecule has 3 rings (SSSR count). The molecule has 0 fully saturated rings. The monoisotopic (exact) mass is 490 g/mol. The quantitative estimate of drug-likeness (QED) is 0.368. The van der Waals surface area contributed by atoms with Crippen molar-refractivity contribution in [2.45, 2.75) is 25.8 Å². The van der Waals surface area contributed by atoms with E-state index < -0.39 is 0 Å². The van der Waals surface area contributed by atoms with Crippen LogP contribution in [0.3, 0.4) is 0 Å². The number of nitrogens with one attached hydrogen (secondary N) is 2. The van der Waals surface area contributed by atoms with Crippen LogP contribution >= 0.6 is 46.7 Å². The van der Waals surface area contributed by atoms with Gasteiger partial charge in [-0.3, -0.25) is 9.89 Å². The third-order valence-corrected chi connectivity index (χ3v) is 6.56. The van der Waals surface area contributed by atoms with Gasteiger partial charge in [0.25, 0.3) is 0 Å². The summed E-state index contributed by atoms with van der Waals surface area (Å²) in [5, 5.41) is 11.2. The molecule has 0 aromatic carbocycles. The highest BCUT2D eigenvalue weighted by Crippen LogP contribution is 2.23. The highest BCUT2D eigenvalue weighted by molar-refractivity contribution is 14.0. The average molecular weight is 490 g/mol. The zero-order valence-electron chi connectivity index (χ0n) is 14.8. The van der Waals surface area contributed by atoms with Crippen molar-refractivity contribution in [2.75, 3.05) is 33.2 Å². The Morgan fingerprint density at radius 2 is 2.16 bits per heavy atom. The first-order chi connectivity index (χ1) is 11.8. The second kappa shape index (κ2) is 10.5. The Morgan fingerprint density at radius 3 is 2.92 bits per heavy atom. The number of fused-ring (bicyclic) bond motifs is 1. The maximum absolute atomic E-state index is 4.33. The zero-order valence-corrected chi connectivity index (χ0v) is 18.8. The lowest BCUT2D eigenvalue weighted by Gasteiger charge is -2.27. The Bertz CT molecular complexity index is 654. The summed E-state index contributed by atoms with van der Waals surface area (Å²) in [7, 11) is 1.84. The summed E-state index contributed by atoms with van der Waals surface area (Å²) in [6.45, 7) is 7.38. The number of hydrogen-bond acceptors (Lipinski definition) is 4. The van der Waals surface area contributed by atoms with Crippen LogP contribution in [0.5, 0.6) is 0 Å². The van der Waals surface area contributed by atoms with Gasteiger partial charge in [-0.25, -0.2) is 0 Å². The summed E-state index contributed by atoms with van der Waals surface area (Å²) in [6, 6.07) is 6.58. The summed E-state index contributed by atoms with van der Waals surface area (Å²) in [4.78, 5) is 9.83. The van der Waals surface area contributed by atoms with Crippen molar-refractivity contribution < 1.29 is 0 Å². The summed E-state index contributed by atoms with van der Waals surface area (Å²) >= 11 is 3.71. The maximum atomic E-state index is 4.33. The Kier molecular flexibility index (Phi) is 8.68. The minimum absolute atomic E-state index is 0. The first-order valence-electron chi connectivity index (χ1n) is 8.51. The van der Waals surface area contributed by atoms with Gasteiger partial charge in [0.1, 0.15) is 0 Å². The fourth-order valence-corrected chi connectivity index (χ4v) is 4.65. The number of halogens is 1. The summed E-state index contributed by atoms with van der Waals surface area (Å²) in [6.07, 6.45) is 1.19. The molecular formula is C18H27IN4S2. The molecule has 0 spiro atoms. The molecule has 0 amide bonds. The predicted octanol–water partition coefficient (Wildman–Crippen LogP) is 3.75. The molecule has 2 aromatic heterocycles. The first-order valence-corrected chi connectivity index (χ1v) is 10.3. The number of guanidine groups is 1. The van der Waals surface area contributed by atoms with Crippen LogP contribution in [0.1, 0.15) is 28.2 Å². The summed E-state index contributed by atoms with van der Waals surface area (Å²) in [5.74, 6) is 1.40. The number of thiophene rings is 2. The predicted molar refractivity (Wildman–Crippen MR) is 121 cm³/mol. The second-order valence-corrected chi connectivity index (χ2v) is 8.17. The van der Waals surface area contributed by atoms with Gasteiger partial charge in [-0.1, -0.05) is 13.0 Å². The lowest BCUT2D eigenvalue weighted by atomic mass is 10.1. The molecule has 1 atom stereocenters. The normalized spacial score (nSPS) is 16.0.